The molecule has 2 nitrogen and oxygen atoms in total. The van der Waals surface area contributed by atoms with E-state index in [1.807, 2.05) is 30.0 Å². The van der Waals surface area contributed by atoms with Crippen molar-refractivity contribution >= 4 is 17.4 Å². The van der Waals surface area contributed by atoms with E-state index in [-0.39, 0.29) is 0 Å². The molecule has 0 saturated carbocycles. The first-order chi connectivity index (χ1) is 7.13. The maximum absolute atomic E-state index is 5.74. The Labute approximate surface area is 96.2 Å². The maximum Gasteiger partial charge on any atom is 0.142 e. The lowest BCUT2D eigenvalue weighted by Gasteiger charge is -2.08. The molecular formula is C12H19NOS. The molecule has 1 rings (SSSR count). The highest BCUT2D eigenvalue weighted by molar-refractivity contribution is 7.99. The molecule has 0 saturated heterocycles. The standard InChI is InChI=1S/C12H19NOS/c1-9(2)6-7-15-10-4-5-11(13)12(8-10)14-3/h4-5,8-9H,6-7,13H2,1-3H3. The number of nitrogens with two attached hydrogens (primary N) is 1. The van der Waals surface area contributed by atoms with Gasteiger partial charge >= 0.3 is 0 Å². The number of rotatable bonds is 5. The second kappa shape index (κ2) is 5.91. The molecule has 0 aliphatic heterocycles. The lowest BCUT2D eigenvalue weighted by atomic mass is 10.2. The fraction of sp³-hybridized carbons (Fsp3) is 0.500. The Hall–Kier alpha value is -0.830. The SMILES string of the molecule is COc1cc(SCCC(C)C)ccc1N. The molecule has 0 amide bonds. The van der Waals surface area contributed by atoms with E-state index in [0.29, 0.717) is 5.69 Å². The number of hydrogen-bond acceptors (Lipinski definition) is 3. The van der Waals surface area contributed by atoms with Crippen LogP contribution in [0.25, 0.3) is 0 Å². The van der Waals surface area contributed by atoms with Crippen LogP contribution in [0.3, 0.4) is 0 Å². The fourth-order valence-electron chi connectivity index (χ4n) is 1.19. The first-order valence-corrected chi connectivity index (χ1v) is 6.18. The number of anilines is 1. The van der Waals surface area contributed by atoms with Gasteiger partial charge in [0.1, 0.15) is 5.75 Å². The van der Waals surface area contributed by atoms with Crippen LogP contribution < -0.4 is 10.5 Å². The zero-order valence-corrected chi connectivity index (χ0v) is 10.4. The highest BCUT2D eigenvalue weighted by Gasteiger charge is 2.02. The van der Waals surface area contributed by atoms with Crippen molar-refractivity contribution in [2.45, 2.75) is 25.2 Å². The molecule has 0 spiro atoms. The summed E-state index contributed by atoms with van der Waals surface area (Å²) < 4.78 is 5.17. The quantitative estimate of drug-likeness (QED) is 0.616. The highest BCUT2D eigenvalue weighted by atomic mass is 32.2. The summed E-state index contributed by atoms with van der Waals surface area (Å²) in [4.78, 5) is 1.22. The Balaban J connectivity index is 2.54. The highest BCUT2D eigenvalue weighted by Crippen LogP contribution is 2.28. The average molecular weight is 225 g/mol. The number of thioether (sulfide) groups is 1. The van der Waals surface area contributed by atoms with Crippen LogP contribution >= 0.6 is 11.8 Å². The molecule has 0 unspecified atom stereocenters. The van der Waals surface area contributed by atoms with E-state index < -0.39 is 0 Å². The van der Waals surface area contributed by atoms with Gasteiger partial charge in [-0.05, 0) is 36.3 Å². The molecule has 0 aromatic heterocycles. The van der Waals surface area contributed by atoms with E-state index in [4.69, 9.17) is 10.5 Å². The van der Waals surface area contributed by atoms with Crippen LogP contribution in [0.5, 0.6) is 5.75 Å². The molecule has 0 aliphatic carbocycles. The zero-order chi connectivity index (χ0) is 11.3. The van der Waals surface area contributed by atoms with Crippen LogP contribution in [-0.4, -0.2) is 12.9 Å². The number of hydrogen-bond donors (Lipinski definition) is 1. The summed E-state index contributed by atoms with van der Waals surface area (Å²) in [5.74, 6) is 2.67. The molecule has 0 heterocycles. The molecule has 84 valence electrons. The van der Waals surface area contributed by atoms with Gasteiger partial charge in [0.25, 0.3) is 0 Å². The van der Waals surface area contributed by atoms with Crippen LogP contribution in [0.2, 0.25) is 0 Å². The van der Waals surface area contributed by atoms with Gasteiger partial charge in [-0.2, -0.15) is 0 Å². The molecule has 3 heteroatoms. The molecule has 15 heavy (non-hydrogen) atoms. The number of methoxy groups -OCH3 is 1. The van der Waals surface area contributed by atoms with Gasteiger partial charge < -0.3 is 10.5 Å². The van der Waals surface area contributed by atoms with Crippen molar-refractivity contribution < 1.29 is 4.74 Å². The number of nitrogen functional groups attached to an aromatic ring is 1. The Kier molecular flexibility index (Phi) is 4.82. The summed E-state index contributed by atoms with van der Waals surface area (Å²) in [6, 6.07) is 5.94. The smallest absolute Gasteiger partial charge is 0.142 e. The minimum atomic E-state index is 0.700. The largest absolute Gasteiger partial charge is 0.495 e. The minimum Gasteiger partial charge on any atom is -0.495 e. The van der Waals surface area contributed by atoms with E-state index in [2.05, 4.69) is 13.8 Å². The summed E-state index contributed by atoms with van der Waals surface area (Å²) in [6.45, 7) is 4.48. The summed E-state index contributed by atoms with van der Waals surface area (Å²) in [5.41, 5.74) is 6.44. The second-order valence-electron chi connectivity index (χ2n) is 3.93. The third kappa shape index (κ3) is 4.04. The Morgan fingerprint density at radius 3 is 2.73 bits per heavy atom. The molecule has 0 fully saturated rings. The Bertz CT molecular complexity index is 312. The van der Waals surface area contributed by atoms with Crippen molar-refractivity contribution in [2.75, 3.05) is 18.6 Å². The monoisotopic (exact) mass is 225 g/mol. The van der Waals surface area contributed by atoms with E-state index in [0.717, 1.165) is 17.4 Å². The first kappa shape index (κ1) is 12.2. The Morgan fingerprint density at radius 1 is 1.40 bits per heavy atom. The van der Waals surface area contributed by atoms with Crippen molar-refractivity contribution in [1.29, 1.82) is 0 Å². The molecule has 0 bridgehead atoms. The lowest BCUT2D eigenvalue weighted by molar-refractivity contribution is 0.416. The third-order valence-electron chi connectivity index (χ3n) is 2.17. The molecule has 2 N–H and O–H groups in total. The van der Waals surface area contributed by atoms with E-state index in [1.54, 1.807) is 7.11 Å². The van der Waals surface area contributed by atoms with Crippen molar-refractivity contribution in [3.8, 4) is 5.75 Å². The predicted octanol–water partition coefficient (Wildman–Crippen LogP) is 3.42. The number of benzene rings is 1. The zero-order valence-electron chi connectivity index (χ0n) is 9.62. The van der Waals surface area contributed by atoms with Crippen LogP contribution in [-0.2, 0) is 0 Å². The van der Waals surface area contributed by atoms with Crippen molar-refractivity contribution in [3.63, 3.8) is 0 Å². The second-order valence-corrected chi connectivity index (χ2v) is 5.10. The van der Waals surface area contributed by atoms with E-state index >= 15 is 0 Å². The fourth-order valence-corrected chi connectivity index (χ4v) is 2.37. The molecule has 1 aromatic carbocycles. The lowest BCUT2D eigenvalue weighted by Crippen LogP contribution is -1.93. The van der Waals surface area contributed by atoms with Crippen LogP contribution in [0, 0.1) is 5.92 Å². The summed E-state index contributed by atoms with van der Waals surface area (Å²) in [5, 5.41) is 0. The van der Waals surface area contributed by atoms with Crippen LogP contribution in [0.1, 0.15) is 20.3 Å². The van der Waals surface area contributed by atoms with E-state index in [1.165, 1.54) is 11.3 Å². The van der Waals surface area contributed by atoms with Gasteiger partial charge in [0.05, 0.1) is 12.8 Å². The normalized spacial score (nSPS) is 10.7. The average Bonchev–Trinajstić information content (AvgIpc) is 2.20. The van der Waals surface area contributed by atoms with Gasteiger partial charge in [0.15, 0.2) is 0 Å². The van der Waals surface area contributed by atoms with Crippen molar-refractivity contribution in [3.05, 3.63) is 18.2 Å². The van der Waals surface area contributed by atoms with Gasteiger partial charge in [-0.15, -0.1) is 11.8 Å². The Morgan fingerprint density at radius 2 is 2.13 bits per heavy atom. The van der Waals surface area contributed by atoms with Gasteiger partial charge in [0.2, 0.25) is 0 Å². The molecular weight excluding hydrogens is 206 g/mol. The topological polar surface area (TPSA) is 35.2 Å². The maximum atomic E-state index is 5.74. The van der Waals surface area contributed by atoms with Gasteiger partial charge in [-0.1, -0.05) is 13.8 Å². The van der Waals surface area contributed by atoms with Crippen molar-refractivity contribution in [2.24, 2.45) is 5.92 Å². The van der Waals surface area contributed by atoms with Crippen LogP contribution in [0.4, 0.5) is 5.69 Å². The third-order valence-corrected chi connectivity index (χ3v) is 3.20. The molecule has 0 atom stereocenters. The van der Waals surface area contributed by atoms with Gasteiger partial charge in [-0.25, -0.2) is 0 Å². The number of ether oxygens (including phenoxy) is 1. The summed E-state index contributed by atoms with van der Waals surface area (Å²) in [7, 11) is 1.65. The first-order valence-electron chi connectivity index (χ1n) is 5.19. The van der Waals surface area contributed by atoms with E-state index in [9.17, 15) is 0 Å². The molecule has 0 aliphatic rings. The van der Waals surface area contributed by atoms with Crippen LogP contribution in [0.15, 0.2) is 23.1 Å². The predicted molar refractivity (Wildman–Crippen MR) is 67.6 cm³/mol. The summed E-state index contributed by atoms with van der Waals surface area (Å²) >= 11 is 1.85. The molecule has 0 radical (unpaired) electrons. The molecule has 1 aromatic rings. The van der Waals surface area contributed by atoms with Gasteiger partial charge in [-0.3, -0.25) is 0 Å². The van der Waals surface area contributed by atoms with Gasteiger partial charge in [0, 0.05) is 4.90 Å². The minimum absolute atomic E-state index is 0.700. The summed E-state index contributed by atoms with van der Waals surface area (Å²) in [6.07, 6.45) is 1.23. The van der Waals surface area contributed by atoms with Crippen molar-refractivity contribution in [1.82, 2.24) is 0 Å².